The van der Waals surface area contributed by atoms with Crippen LogP contribution >= 0.6 is 0 Å². The van der Waals surface area contributed by atoms with E-state index < -0.39 is 0 Å². The van der Waals surface area contributed by atoms with Gasteiger partial charge in [-0.05, 0) is 18.1 Å². The normalized spacial score (nSPS) is 11.8. The molecule has 0 aliphatic carbocycles. The fourth-order valence-corrected chi connectivity index (χ4v) is 2.11. The molecule has 0 radical (unpaired) electrons. The van der Waals surface area contributed by atoms with Crippen LogP contribution in [0.15, 0.2) is 54.6 Å². The fraction of sp³-hybridized carbons (Fsp3) is 0.235. The van der Waals surface area contributed by atoms with Crippen molar-refractivity contribution in [3.8, 4) is 6.07 Å². The van der Waals surface area contributed by atoms with Crippen LogP contribution in [0.2, 0.25) is 0 Å². The van der Waals surface area contributed by atoms with Crippen LogP contribution in [0.1, 0.15) is 22.6 Å². The van der Waals surface area contributed by atoms with E-state index in [2.05, 4.69) is 42.6 Å². The molecule has 19 heavy (non-hydrogen) atoms. The Morgan fingerprint density at radius 3 is 2.58 bits per heavy atom. The first-order valence-electron chi connectivity index (χ1n) is 6.50. The zero-order valence-electron chi connectivity index (χ0n) is 11.1. The zero-order chi connectivity index (χ0) is 13.5. The molecular formula is C17H18N2. The summed E-state index contributed by atoms with van der Waals surface area (Å²) in [4.78, 5) is 0. The van der Waals surface area contributed by atoms with Crippen LogP contribution in [0, 0.1) is 18.3 Å². The molecule has 2 rings (SSSR count). The highest BCUT2D eigenvalue weighted by Gasteiger charge is 2.08. The molecule has 96 valence electrons. The highest BCUT2D eigenvalue weighted by Crippen LogP contribution is 2.13. The molecule has 2 heteroatoms. The van der Waals surface area contributed by atoms with Crippen LogP contribution < -0.4 is 5.32 Å². The molecule has 0 amide bonds. The zero-order valence-corrected chi connectivity index (χ0v) is 11.1. The van der Waals surface area contributed by atoms with Crippen molar-refractivity contribution in [2.24, 2.45) is 0 Å². The minimum atomic E-state index is -0.0917. The number of nitrogens with zero attached hydrogens (tertiary/aromatic N) is 1. The van der Waals surface area contributed by atoms with Gasteiger partial charge in [0.05, 0.1) is 12.0 Å². The maximum absolute atomic E-state index is 9.23. The Bertz CT molecular complexity index is 555. The largest absolute Gasteiger partial charge is 0.311 e. The lowest BCUT2D eigenvalue weighted by Gasteiger charge is -2.11. The van der Waals surface area contributed by atoms with Crippen molar-refractivity contribution in [2.45, 2.75) is 19.4 Å². The maximum Gasteiger partial charge on any atom is 0.0837 e. The van der Waals surface area contributed by atoms with Gasteiger partial charge in [-0.15, -0.1) is 0 Å². The standard InChI is InChI=1S/C17H18N2/c1-14-6-5-7-15(10-14)12-19-13-17(11-18)16-8-3-2-4-9-16/h2-10,17,19H,12-13H2,1H3. The van der Waals surface area contributed by atoms with Gasteiger partial charge in [-0.3, -0.25) is 0 Å². The van der Waals surface area contributed by atoms with Gasteiger partial charge in [-0.25, -0.2) is 0 Å². The van der Waals surface area contributed by atoms with Crippen LogP contribution in [-0.4, -0.2) is 6.54 Å². The van der Waals surface area contributed by atoms with Gasteiger partial charge in [-0.1, -0.05) is 60.2 Å². The molecule has 0 saturated carbocycles. The minimum Gasteiger partial charge on any atom is -0.311 e. The molecule has 0 saturated heterocycles. The van der Waals surface area contributed by atoms with Gasteiger partial charge in [0, 0.05) is 13.1 Å². The number of nitriles is 1. The number of aryl methyl sites for hydroxylation is 1. The molecule has 0 fully saturated rings. The molecule has 1 unspecified atom stereocenters. The summed E-state index contributed by atoms with van der Waals surface area (Å²) >= 11 is 0. The van der Waals surface area contributed by atoms with E-state index >= 15 is 0 Å². The van der Waals surface area contributed by atoms with Crippen LogP contribution in [0.25, 0.3) is 0 Å². The average molecular weight is 250 g/mol. The Kier molecular flexibility index (Phi) is 4.72. The monoisotopic (exact) mass is 250 g/mol. The van der Waals surface area contributed by atoms with Gasteiger partial charge in [-0.2, -0.15) is 5.26 Å². The van der Waals surface area contributed by atoms with Crippen LogP contribution in [-0.2, 0) is 6.54 Å². The first-order valence-corrected chi connectivity index (χ1v) is 6.50. The molecule has 2 nitrogen and oxygen atoms in total. The van der Waals surface area contributed by atoms with Crippen molar-refractivity contribution in [3.63, 3.8) is 0 Å². The number of rotatable bonds is 5. The van der Waals surface area contributed by atoms with Gasteiger partial charge in [0.1, 0.15) is 0 Å². The highest BCUT2D eigenvalue weighted by atomic mass is 14.9. The second-order valence-electron chi connectivity index (χ2n) is 4.71. The van der Waals surface area contributed by atoms with E-state index in [1.165, 1.54) is 11.1 Å². The lowest BCUT2D eigenvalue weighted by molar-refractivity contribution is 0.652. The Balaban J connectivity index is 1.90. The summed E-state index contributed by atoms with van der Waals surface area (Å²) in [5.41, 5.74) is 3.59. The Hall–Kier alpha value is -2.11. The maximum atomic E-state index is 9.23. The average Bonchev–Trinajstić information content (AvgIpc) is 2.45. The molecule has 0 aliphatic rings. The third-order valence-electron chi connectivity index (χ3n) is 3.12. The summed E-state index contributed by atoms with van der Waals surface area (Å²) in [6, 6.07) is 20.7. The number of hydrogen-bond donors (Lipinski definition) is 1. The van der Waals surface area contributed by atoms with Crippen LogP contribution in [0.4, 0.5) is 0 Å². The first-order chi connectivity index (χ1) is 9.29. The molecule has 0 aromatic heterocycles. The van der Waals surface area contributed by atoms with E-state index in [4.69, 9.17) is 0 Å². The fourth-order valence-electron chi connectivity index (χ4n) is 2.11. The first kappa shape index (κ1) is 13.3. The molecule has 2 aromatic carbocycles. The summed E-state index contributed by atoms with van der Waals surface area (Å²) in [5.74, 6) is -0.0917. The van der Waals surface area contributed by atoms with Gasteiger partial charge in [0.2, 0.25) is 0 Å². The van der Waals surface area contributed by atoms with Gasteiger partial charge < -0.3 is 5.32 Å². The molecule has 2 aromatic rings. The van der Waals surface area contributed by atoms with Crippen molar-refractivity contribution in [1.29, 1.82) is 5.26 Å². The summed E-state index contributed by atoms with van der Waals surface area (Å²) in [6.07, 6.45) is 0. The smallest absolute Gasteiger partial charge is 0.0837 e. The quantitative estimate of drug-likeness (QED) is 0.883. The molecule has 1 N–H and O–H groups in total. The molecule has 0 heterocycles. The summed E-state index contributed by atoms with van der Waals surface area (Å²) in [5, 5.41) is 12.6. The van der Waals surface area contributed by atoms with E-state index in [1.807, 2.05) is 30.3 Å². The molecule has 0 aliphatic heterocycles. The topological polar surface area (TPSA) is 35.8 Å². The number of nitrogens with one attached hydrogen (secondary N) is 1. The third kappa shape index (κ3) is 3.94. The summed E-state index contributed by atoms with van der Waals surface area (Å²) < 4.78 is 0. The van der Waals surface area contributed by atoms with Crippen LogP contribution in [0.3, 0.4) is 0 Å². The SMILES string of the molecule is Cc1cccc(CNCC(C#N)c2ccccc2)c1. The summed E-state index contributed by atoms with van der Waals surface area (Å²) in [7, 11) is 0. The molecule has 0 spiro atoms. The Morgan fingerprint density at radius 1 is 1.11 bits per heavy atom. The number of benzene rings is 2. The van der Waals surface area contributed by atoms with Crippen molar-refractivity contribution in [3.05, 3.63) is 71.3 Å². The van der Waals surface area contributed by atoms with Crippen molar-refractivity contribution in [2.75, 3.05) is 6.54 Å². The molecule has 0 bridgehead atoms. The highest BCUT2D eigenvalue weighted by molar-refractivity contribution is 5.25. The second-order valence-corrected chi connectivity index (χ2v) is 4.71. The summed E-state index contributed by atoms with van der Waals surface area (Å²) in [6.45, 7) is 3.56. The predicted octanol–water partition coefficient (Wildman–Crippen LogP) is 3.39. The Labute approximate surface area is 114 Å². The second kappa shape index (κ2) is 6.72. The van der Waals surface area contributed by atoms with Crippen LogP contribution in [0.5, 0.6) is 0 Å². The molecular weight excluding hydrogens is 232 g/mol. The predicted molar refractivity (Wildman–Crippen MR) is 77.7 cm³/mol. The van der Waals surface area contributed by atoms with Crippen molar-refractivity contribution in [1.82, 2.24) is 5.32 Å². The van der Waals surface area contributed by atoms with Crippen molar-refractivity contribution >= 4 is 0 Å². The number of hydrogen-bond acceptors (Lipinski definition) is 2. The molecule has 1 atom stereocenters. The van der Waals surface area contributed by atoms with E-state index in [0.717, 1.165) is 12.1 Å². The van der Waals surface area contributed by atoms with E-state index in [-0.39, 0.29) is 5.92 Å². The van der Waals surface area contributed by atoms with E-state index in [1.54, 1.807) is 0 Å². The minimum absolute atomic E-state index is 0.0917. The lowest BCUT2D eigenvalue weighted by atomic mass is 10.0. The van der Waals surface area contributed by atoms with Gasteiger partial charge in [0.15, 0.2) is 0 Å². The van der Waals surface area contributed by atoms with E-state index in [9.17, 15) is 5.26 Å². The lowest BCUT2D eigenvalue weighted by Crippen LogP contribution is -2.20. The Morgan fingerprint density at radius 2 is 1.89 bits per heavy atom. The van der Waals surface area contributed by atoms with Gasteiger partial charge >= 0.3 is 0 Å². The van der Waals surface area contributed by atoms with Crippen molar-refractivity contribution < 1.29 is 0 Å². The van der Waals surface area contributed by atoms with E-state index in [0.29, 0.717) is 6.54 Å². The third-order valence-corrected chi connectivity index (χ3v) is 3.12. The van der Waals surface area contributed by atoms with Gasteiger partial charge in [0.25, 0.3) is 0 Å².